The second kappa shape index (κ2) is 15.1. The van der Waals surface area contributed by atoms with Crippen LogP contribution in [-0.2, 0) is 30.2 Å². The minimum Gasteiger partial charge on any atom is -0.508 e. The summed E-state index contributed by atoms with van der Waals surface area (Å²) in [6.07, 6.45) is 3.42. The van der Waals surface area contributed by atoms with Gasteiger partial charge < -0.3 is 24.2 Å². The molecule has 2 aliphatic rings. The third kappa shape index (κ3) is 8.13. The summed E-state index contributed by atoms with van der Waals surface area (Å²) in [4.78, 5) is 25.3. The average molecular weight is 699 g/mol. The van der Waals surface area contributed by atoms with E-state index in [0.29, 0.717) is 47.5 Å². The SMILES string of the molecule is O=C(NCCc1ccc(O)cc1)c1ccc2c(c1)nc(CN1CCC(c3cccc(OCc4ccc(Cl)cc4F)n3)CC1)n2C[Si]1CCO1. The molecule has 0 spiro atoms. The van der Waals surface area contributed by atoms with Crippen LogP contribution in [0, 0.1) is 5.82 Å². The van der Waals surface area contributed by atoms with Crippen LogP contribution in [0.4, 0.5) is 4.39 Å². The molecule has 7 rings (SSSR count). The molecule has 2 N–H and O–H groups in total. The molecular weight excluding hydrogens is 661 g/mol. The van der Waals surface area contributed by atoms with Crippen LogP contribution in [0.5, 0.6) is 11.6 Å². The number of nitrogens with zero attached hydrogens (tertiary/aromatic N) is 4. The number of amides is 1. The molecule has 1 amide bonds. The smallest absolute Gasteiger partial charge is 0.251 e. The highest BCUT2D eigenvalue weighted by atomic mass is 35.5. The zero-order chi connectivity index (χ0) is 33.7. The molecule has 0 unspecified atom stereocenters. The summed E-state index contributed by atoms with van der Waals surface area (Å²) in [7, 11) is -0.902. The number of halogens is 2. The van der Waals surface area contributed by atoms with Crippen LogP contribution in [0.1, 0.15) is 51.8 Å². The van der Waals surface area contributed by atoms with E-state index < -0.39 is 14.9 Å². The van der Waals surface area contributed by atoms with Gasteiger partial charge in [0, 0.05) is 53.1 Å². The molecule has 0 saturated carbocycles. The first kappa shape index (κ1) is 33.2. The molecule has 0 aliphatic carbocycles. The van der Waals surface area contributed by atoms with Crippen LogP contribution in [0.2, 0.25) is 11.1 Å². The van der Waals surface area contributed by atoms with Crippen molar-refractivity contribution in [2.45, 2.75) is 50.5 Å². The summed E-state index contributed by atoms with van der Waals surface area (Å²) < 4.78 is 28.2. The van der Waals surface area contributed by atoms with E-state index in [1.807, 2.05) is 42.5 Å². The van der Waals surface area contributed by atoms with E-state index in [1.165, 1.54) is 6.07 Å². The average Bonchev–Trinajstić information content (AvgIpc) is 3.43. The molecule has 49 heavy (non-hydrogen) atoms. The number of rotatable bonds is 12. The van der Waals surface area contributed by atoms with Crippen LogP contribution in [0.15, 0.2) is 78.9 Å². The van der Waals surface area contributed by atoms with Crippen LogP contribution >= 0.6 is 11.6 Å². The maximum absolute atomic E-state index is 14.2. The fourth-order valence-electron chi connectivity index (χ4n) is 6.37. The lowest BCUT2D eigenvalue weighted by atomic mass is 9.93. The number of likely N-dealkylation sites (tertiary alicyclic amines) is 1. The van der Waals surface area contributed by atoms with Crippen molar-refractivity contribution in [3.8, 4) is 11.6 Å². The second-order valence-corrected chi connectivity index (χ2v) is 15.2. The van der Waals surface area contributed by atoms with E-state index in [-0.39, 0.29) is 18.3 Å². The first-order valence-corrected chi connectivity index (χ1v) is 18.9. The number of fused-ring (bicyclic) bond motifs is 1. The number of nitrogens with one attached hydrogen (secondary N) is 1. The zero-order valence-electron chi connectivity index (χ0n) is 27.1. The molecule has 1 radical (unpaired) electrons. The third-order valence-corrected chi connectivity index (χ3v) is 11.5. The molecule has 2 aromatic heterocycles. The number of carbonyl (C=O) groups is 1. The summed E-state index contributed by atoms with van der Waals surface area (Å²) in [5, 5.41) is 12.9. The van der Waals surface area contributed by atoms with Crippen LogP contribution in [0.25, 0.3) is 11.0 Å². The Morgan fingerprint density at radius 2 is 1.88 bits per heavy atom. The molecule has 2 fully saturated rings. The second-order valence-electron chi connectivity index (χ2n) is 12.6. The van der Waals surface area contributed by atoms with Gasteiger partial charge in [-0.05, 0) is 92.5 Å². The van der Waals surface area contributed by atoms with Crippen molar-refractivity contribution in [1.29, 1.82) is 0 Å². The first-order valence-electron chi connectivity index (χ1n) is 16.7. The summed E-state index contributed by atoms with van der Waals surface area (Å²) in [6, 6.07) is 24.3. The maximum Gasteiger partial charge on any atom is 0.251 e. The number of carbonyl (C=O) groups excluding carboxylic acids is 1. The van der Waals surface area contributed by atoms with E-state index in [9.17, 15) is 14.3 Å². The molecule has 0 atom stereocenters. The van der Waals surface area contributed by atoms with Gasteiger partial charge in [-0.25, -0.2) is 14.4 Å². The standard InChI is InChI=1S/C37H38ClFN5O4Si/c38-29-8-6-28(31(39)21-29)23-47-36-3-1-2-32(42-36)26-13-16-43(17-14-26)22-35-41-33-20-27(7-11-34(33)44(35)24-49-19-18-48-49)37(46)40-15-12-25-4-9-30(45)10-5-25/h1-11,20-21,26,45H,12-19,22-24H2,(H,40,46). The summed E-state index contributed by atoms with van der Waals surface area (Å²) in [5.41, 5.74) is 4.89. The number of aromatic hydroxyl groups is 1. The number of hydrogen-bond donors (Lipinski definition) is 2. The number of piperidine rings is 1. The minimum atomic E-state index is -0.902. The number of benzene rings is 3. The molecule has 2 aliphatic heterocycles. The van der Waals surface area contributed by atoms with Gasteiger partial charge >= 0.3 is 0 Å². The molecule has 2 saturated heterocycles. The van der Waals surface area contributed by atoms with Gasteiger partial charge in [0.25, 0.3) is 5.91 Å². The molecule has 3 aromatic carbocycles. The highest BCUT2D eigenvalue weighted by Gasteiger charge is 2.27. The zero-order valence-corrected chi connectivity index (χ0v) is 28.8. The Kier molecular flexibility index (Phi) is 10.2. The lowest BCUT2D eigenvalue weighted by molar-refractivity contribution is 0.0954. The highest BCUT2D eigenvalue weighted by Crippen LogP contribution is 2.30. The Morgan fingerprint density at radius 1 is 1.06 bits per heavy atom. The van der Waals surface area contributed by atoms with Gasteiger partial charge in [-0.15, -0.1) is 0 Å². The van der Waals surface area contributed by atoms with Gasteiger partial charge in [-0.1, -0.05) is 35.9 Å². The van der Waals surface area contributed by atoms with Gasteiger partial charge in [-0.3, -0.25) is 9.69 Å². The van der Waals surface area contributed by atoms with Crippen molar-refractivity contribution in [1.82, 2.24) is 24.8 Å². The van der Waals surface area contributed by atoms with E-state index in [1.54, 1.807) is 30.3 Å². The summed E-state index contributed by atoms with van der Waals surface area (Å²) >= 11 is 5.88. The number of aromatic nitrogens is 3. The van der Waals surface area contributed by atoms with Gasteiger partial charge in [0.15, 0.2) is 0 Å². The van der Waals surface area contributed by atoms with Crippen molar-refractivity contribution < 1.29 is 23.5 Å². The van der Waals surface area contributed by atoms with Gasteiger partial charge in [-0.2, -0.15) is 0 Å². The highest BCUT2D eigenvalue weighted by molar-refractivity contribution is 6.53. The lowest BCUT2D eigenvalue weighted by Crippen LogP contribution is -2.37. The minimum absolute atomic E-state index is 0.0834. The van der Waals surface area contributed by atoms with Crippen molar-refractivity contribution in [2.24, 2.45) is 0 Å². The Balaban J connectivity index is 0.980. The molecule has 253 valence electrons. The van der Waals surface area contributed by atoms with Gasteiger partial charge in [0.05, 0.1) is 17.6 Å². The molecule has 5 aromatic rings. The van der Waals surface area contributed by atoms with Gasteiger partial charge in [0.2, 0.25) is 14.9 Å². The molecule has 12 heteroatoms. The normalized spacial score (nSPS) is 15.7. The fraction of sp³-hybridized carbons (Fsp3) is 0.324. The molecular formula is C37H38ClFN5O4Si. The Morgan fingerprint density at radius 3 is 2.63 bits per heavy atom. The molecule has 0 bridgehead atoms. The number of imidazole rings is 1. The van der Waals surface area contributed by atoms with Gasteiger partial charge in [0.1, 0.15) is 24.0 Å². The number of hydrogen-bond acceptors (Lipinski definition) is 7. The largest absolute Gasteiger partial charge is 0.508 e. The predicted octanol–water partition coefficient (Wildman–Crippen LogP) is 6.42. The Labute approximate surface area is 291 Å². The third-order valence-electron chi connectivity index (χ3n) is 9.25. The van der Waals surface area contributed by atoms with Crippen LogP contribution in [0.3, 0.4) is 0 Å². The monoisotopic (exact) mass is 698 g/mol. The first-order chi connectivity index (χ1) is 23.9. The summed E-state index contributed by atoms with van der Waals surface area (Å²) in [6.45, 7) is 3.93. The quantitative estimate of drug-likeness (QED) is 0.145. The lowest BCUT2D eigenvalue weighted by Gasteiger charge is -2.32. The van der Waals surface area contributed by atoms with Crippen molar-refractivity contribution in [3.63, 3.8) is 0 Å². The fourth-order valence-corrected chi connectivity index (χ4v) is 7.97. The number of phenolic OH excluding ortho intramolecular Hbond substituents is 1. The predicted molar refractivity (Wildman–Crippen MR) is 188 cm³/mol. The van der Waals surface area contributed by atoms with E-state index in [0.717, 1.165) is 72.9 Å². The number of phenols is 1. The maximum atomic E-state index is 14.2. The van der Waals surface area contributed by atoms with Crippen LogP contribution < -0.4 is 10.1 Å². The number of ether oxygens (including phenoxy) is 1. The summed E-state index contributed by atoms with van der Waals surface area (Å²) in [5.74, 6) is 1.48. The van der Waals surface area contributed by atoms with E-state index in [4.69, 9.17) is 30.7 Å². The Hall–Kier alpha value is -4.29. The van der Waals surface area contributed by atoms with E-state index in [2.05, 4.69) is 14.8 Å². The van der Waals surface area contributed by atoms with Crippen molar-refractivity contribution in [2.75, 3.05) is 26.2 Å². The topological polar surface area (TPSA) is 102 Å². The molecule has 9 nitrogen and oxygen atoms in total. The molecule has 4 heterocycles. The van der Waals surface area contributed by atoms with E-state index >= 15 is 0 Å². The van der Waals surface area contributed by atoms with Crippen LogP contribution in [-0.4, -0.2) is 65.7 Å². The Bertz CT molecular complexity index is 1930. The number of pyridine rings is 1. The van der Waals surface area contributed by atoms with Crippen molar-refractivity contribution >= 4 is 37.6 Å². The van der Waals surface area contributed by atoms with Crippen molar-refractivity contribution in [3.05, 3.63) is 118 Å².